The SMILES string of the molecule is [2H]C([2H])([2H])c1ccc(-c2c(C([2H])([2H])[2H])ccc3c2Oc2ncccc2C(C)(C)C3(C)C)cc1-c1cc(-c2c(C([2H])([2H])C)ccc3c2oc2nc4ccccc4n23)ccc1C([2H])([2H])[2H]. The average molecular weight is 693 g/mol. The number of aryl methyl sites for hydroxylation is 4. The Hall–Kier alpha value is -5.68. The Morgan fingerprint density at radius 2 is 1.40 bits per heavy atom. The number of pyridine rings is 1. The minimum absolute atomic E-state index is 0.0229. The van der Waals surface area contributed by atoms with Crippen molar-refractivity contribution in [2.24, 2.45) is 0 Å². The number of nitrogens with zero attached hydrogens (tertiary/aromatic N) is 3. The Balaban J connectivity index is 1.36. The van der Waals surface area contributed by atoms with Crippen LogP contribution in [-0.4, -0.2) is 14.4 Å². The third-order valence-electron chi connectivity index (χ3n) is 11.3. The van der Waals surface area contributed by atoms with E-state index in [1.807, 2.05) is 40.8 Å². The second kappa shape index (κ2) is 11.4. The van der Waals surface area contributed by atoms with Crippen molar-refractivity contribution in [2.75, 3.05) is 0 Å². The molecule has 8 aromatic rings. The van der Waals surface area contributed by atoms with Crippen molar-refractivity contribution in [3.8, 4) is 45.0 Å². The first-order valence-corrected chi connectivity index (χ1v) is 17.2. The lowest BCUT2D eigenvalue weighted by Crippen LogP contribution is -2.39. The van der Waals surface area contributed by atoms with Crippen LogP contribution in [0.15, 0.2) is 108 Å². The third kappa shape index (κ3) is 4.54. The van der Waals surface area contributed by atoms with Crippen LogP contribution in [0.3, 0.4) is 0 Å². The molecule has 0 radical (unpaired) electrons. The molecule has 5 aromatic carbocycles. The van der Waals surface area contributed by atoms with E-state index >= 15 is 0 Å². The van der Waals surface area contributed by atoms with Crippen LogP contribution in [0.25, 0.3) is 61.4 Å². The number of imidazole rings is 1. The second-order valence-electron chi connectivity index (χ2n) is 14.5. The summed E-state index contributed by atoms with van der Waals surface area (Å²) in [6.07, 6.45) is -0.314. The van der Waals surface area contributed by atoms with E-state index in [2.05, 4.69) is 37.7 Å². The zero-order valence-electron chi connectivity index (χ0n) is 40.5. The van der Waals surface area contributed by atoms with Gasteiger partial charge in [0.25, 0.3) is 0 Å². The van der Waals surface area contributed by atoms with Gasteiger partial charge >= 0.3 is 5.84 Å². The van der Waals surface area contributed by atoms with Gasteiger partial charge in [-0.05, 0) is 108 Å². The van der Waals surface area contributed by atoms with E-state index in [9.17, 15) is 0 Å². The number of para-hydroxylation sites is 2. The lowest BCUT2D eigenvalue weighted by atomic mass is 9.61. The first-order chi connectivity index (χ1) is 29.3. The molecule has 0 amide bonds. The molecule has 258 valence electrons. The van der Waals surface area contributed by atoms with Crippen LogP contribution in [0.4, 0.5) is 0 Å². The van der Waals surface area contributed by atoms with Gasteiger partial charge in [-0.15, -0.1) is 0 Å². The summed E-state index contributed by atoms with van der Waals surface area (Å²) in [5, 5.41) is 0. The van der Waals surface area contributed by atoms with Gasteiger partial charge in [0.2, 0.25) is 5.88 Å². The summed E-state index contributed by atoms with van der Waals surface area (Å²) >= 11 is 0. The summed E-state index contributed by atoms with van der Waals surface area (Å²) in [5.74, 6) is 0.819. The Kier molecular flexibility index (Phi) is 4.89. The number of fused-ring (bicyclic) bond motifs is 7. The molecule has 5 nitrogen and oxygen atoms in total. The van der Waals surface area contributed by atoms with Crippen molar-refractivity contribution in [3.63, 3.8) is 0 Å². The molecule has 1 aliphatic heterocycles. The van der Waals surface area contributed by atoms with Crippen molar-refractivity contribution < 1.29 is 24.2 Å². The van der Waals surface area contributed by atoms with E-state index in [0.29, 0.717) is 39.2 Å². The van der Waals surface area contributed by atoms with Crippen LogP contribution in [-0.2, 0) is 17.2 Å². The average Bonchev–Trinajstić information content (AvgIpc) is 3.73. The standard InChI is InChI=1S/C47H43N3O2/c1-9-30-21-23-39-43(52-45-49-37-14-10-11-15-38(37)50(39)45)41(30)32-20-17-28(3)34(26-32)33-25-31(19-16-27(33)2)40-29(4)18-22-35-42(40)51-44-36(13-12-24-48-44)47(7,8)46(35,5)6/h10-26H,9H2,1-8H3/i2D3,3D3,4D3,9D2. The fraction of sp³-hybridized carbons (Fsp3) is 0.234. The Bertz CT molecular complexity index is 3160. The molecular formula is C47H43N3O2. The number of benzene rings is 5. The first-order valence-electron chi connectivity index (χ1n) is 22.7. The Morgan fingerprint density at radius 3 is 2.13 bits per heavy atom. The van der Waals surface area contributed by atoms with E-state index in [4.69, 9.17) is 24.2 Å². The van der Waals surface area contributed by atoms with Crippen LogP contribution in [0.5, 0.6) is 11.6 Å². The summed E-state index contributed by atoms with van der Waals surface area (Å²) in [4.78, 5) is 9.26. The largest absolute Gasteiger partial charge is 0.438 e. The molecule has 0 aliphatic carbocycles. The number of aromatic nitrogens is 3. The highest BCUT2D eigenvalue weighted by Crippen LogP contribution is 2.55. The molecule has 9 rings (SSSR count). The zero-order chi connectivity index (χ0) is 45.4. The van der Waals surface area contributed by atoms with E-state index in [1.54, 1.807) is 42.6 Å². The van der Waals surface area contributed by atoms with Crippen molar-refractivity contribution in [2.45, 2.75) is 72.4 Å². The molecule has 0 saturated carbocycles. The normalized spacial score (nSPS) is 18.8. The highest BCUT2D eigenvalue weighted by molar-refractivity contribution is 5.98. The predicted octanol–water partition coefficient (Wildman–Crippen LogP) is 12.5. The minimum Gasteiger partial charge on any atom is -0.438 e. The van der Waals surface area contributed by atoms with Gasteiger partial charge in [-0.25, -0.2) is 4.98 Å². The second-order valence-corrected chi connectivity index (χ2v) is 14.5. The van der Waals surface area contributed by atoms with Crippen molar-refractivity contribution >= 4 is 28.0 Å². The molecule has 0 fully saturated rings. The van der Waals surface area contributed by atoms with Crippen molar-refractivity contribution in [1.82, 2.24) is 14.4 Å². The fourth-order valence-corrected chi connectivity index (χ4v) is 7.77. The molecule has 0 atom stereocenters. The molecule has 4 heterocycles. The number of hydrogen-bond donors (Lipinski definition) is 0. The van der Waals surface area contributed by atoms with Gasteiger partial charge in [0.15, 0.2) is 5.58 Å². The van der Waals surface area contributed by atoms with Crippen LogP contribution < -0.4 is 4.74 Å². The highest BCUT2D eigenvalue weighted by atomic mass is 16.5. The predicted molar refractivity (Wildman–Crippen MR) is 213 cm³/mol. The number of hydrogen-bond acceptors (Lipinski definition) is 4. The molecule has 0 bridgehead atoms. The minimum atomic E-state index is -2.76. The summed E-state index contributed by atoms with van der Waals surface area (Å²) in [7, 11) is 0. The maximum Gasteiger partial charge on any atom is 0.307 e. The number of ether oxygens (including phenoxy) is 1. The number of rotatable bonds is 4. The Labute approximate surface area is 320 Å². The maximum absolute atomic E-state index is 8.90. The fourth-order valence-electron chi connectivity index (χ4n) is 7.77. The molecular weight excluding hydrogens is 639 g/mol. The van der Waals surface area contributed by atoms with Gasteiger partial charge in [-0.3, -0.25) is 4.40 Å². The lowest BCUT2D eigenvalue weighted by Gasteiger charge is -2.41. The van der Waals surface area contributed by atoms with Gasteiger partial charge in [0.05, 0.1) is 16.6 Å². The van der Waals surface area contributed by atoms with Gasteiger partial charge in [-0.2, -0.15) is 4.98 Å². The molecule has 1 aliphatic rings. The summed E-state index contributed by atoms with van der Waals surface area (Å²) in [6.45, 7) is 1.50. The third-order valence-corrected chi connectivity index (χ3v) is 11.3. The van der Waals surface area contributed by atoms with Crippen molar-refractivity contribution in [3.05, 3.63) is 137 Å². The summed E-state index contributed by atoms with van der Waals surface area (Å²) < 4.78 is 111. The lowest BCUT2D eigenvalue weighted by molar-refractivity contribution is 0.305. The first kappa shape index (κ1) is 22.3. The molecule has 52 heavy (non-hydrogen) atoms. The molecule has 3 aromatic heterocycles. The van der Waals surface area contributed by atoms with Crippen molar-refractivity contribution in [1.29, 1.82) is 0 Å². The van der Waals surface area contributed by atoms with E-state index in [-0.39, 0.29) is 56.1 Å². The smallest absolute Gasteiger partial charge is 0.307 e. The maximum atomic E-state index is 8.90. The van der Waals surface area contributed by atoms with E-state index in [0.717, 1.165) is 11.1 Å². The van der Waals surface area contributed by atoms with Crippen LogP contribution >= 0.6 is 0 Å². The monoisotopic (exact) mass is 692 g/mol. The zero-order valence-corrected chi connectivity index (χ0v) is 29.5. The van der Waals surface area contributed by atoms with E-state index in [1.165, 1.54) is 31.2 Å². The Morgan fingerprint density at radius 1 is 0.712 bits per heavy atom. The number of oxazole rings is 1. The molecule has 5 heteroatoms. The summed E-state index contributed by atoms with van der Waals surface area (Å²) in [5.41, 5.74) is 3.74. The highest BCUT2D eigenvalue weighted by Gasteiger charge is 2.46. The molecule has 0 saturated heterocycles. The molecule has 0 N–H and O–H groups in total. The van der Waals surface area contributed by atoms with Gasteiger partial charge in [-0.1, -0.05) is 95.3 Å². The molecule has 0 unspecified atom stereocenters. The quantitative estimate of drug-likeness (QED) is 0.184. The van der Waals surface area contributed by atoms with Crippen LogP contribution in [0.2, 0.25) is 0 Å². The van der Waals surface area contributed by atoms with Crippen LogP contribution in [0, 0.1) is 20.6 Å². The molecule has 0 spiro atoms. The van der Waals surface area contributed by atoms with Gasteiger partial charge in [0, 0.05) is 54.4 Å². The van der Waals surface area contributed by atoms with E-state index < -0.39 is 37.8 Å². The summed E-state index contributed by atoms with van der Waals surface area (Å²) in [6, 6.07) is 27.0. The van der Waals surface area contributed by atoms with Gasteiger partial charge in [0.1, 0.15) is 5.75 Å². The van der Waals surface area contributed by atoms with Gasteiger partial charge < -0.3 is 9.15 Å². The topological polar surface area (TPSA) is 52.6 Å². The van der Waals surface area contributed by atoms with Crippen LogP contribution in [0.1, 0.15) is 83.1 Å².